The van der Waals surface area contributed by atoms with E-state index in [1.165, 1.54) is 5.57 Å². The second kappa shape index (κ2) is 6.60. The highest BCUT2D eigenvalue weighted by atomic mass is 19.1. The number of halogens is 1. The van der Waals surface area contributed by atoms with Gasteiger partial charge in [0.15, 0.2) is 0 Å². The first-order chi connectivity index (χ1) is 8.07. The minimum Gasteiger partial charge on any atom is -0.394 e. The molecule has 0 unspecified atom stereocenters. The Morgan fingerprint density at radius 1 is 1.47 bits per heavy atom. The van der Waals surface area contributed by atoms with Gasteiger partial charge in [-0.15, -0.1) is 0 Å². The Morgan fingerprint density at radius 3 is 2.65 bits per heavy atom. The molecular formula is C14H23FN2. The Hall–Kier alpha value is -1.09. The lowest BCUT2D eigenvalue weighted by molar-refractivity contribution is 0.0792. The molecule has 0 saturated carbocycles. The number of nitrogens with zero attached hydrogens (tertiary/aromatic N) is 1. The average Bonchev–Trinajstić information content (AvgIpc) is 2.30. The number of allylic oxidation sites excluding steroid dienone is 2. The summed E-state index contributed by atoms with van der Waals surface area (Å²) in [4.78, 5) is 2.28. The zero-order valence-electron chi connectivity index (χ0n) is 10.9. The summed E-state index contributed by atoms with van der Waals surface area (Å²) >= 11 is 0. The van der Waals surface area contributed by atoms with Crippen LogP contribution in [0.4, 0.5) is 4.39 Å². The summed E-state index contributed by atoms with van der Waals surface area (Å²) in [6.07, 6.45) is 8.99. The summed E-state index contributed by atoms with van der Waals surface area (Å²) in [5.74, 6) is 0. The van der Waals surface area contributed by atoms with E-state index in [0.717, 1.165) is 19.6 Å². The first-order valence-corrected chi connectivity index (χ1v) is 6.14. The molecule has 1 heterocycles. The van der Waals surface area contributed by atoms with Crippen molar-refractivity contribution in [3.8, 4) is 0 Å². The highest BCUT2D eigenvalue weighted by Gasteiger charge is 2.29. The van der Waals surface area contributed by atoms with Crippen molar-refractivity contribution in [1.82, 2.24) is 10.2 Å². The van der Waals surface area contributed by atoms with Crippen LogP contribution in [0.3, 0.4) is 0 Å². The normalized spacial score (nSPS) is 21.7. The molecule has 0 radical (unpaired) electrons. The number of piperidine rings is 1. The number of nitrogens with one attached hydrogen (secondary N) is 1. The zero-order chi connectivity index (χ0) is 12.7. The first kappa shape index (κ1) is 14.0. The van der Waals surface area contributed by atoms with Gasteiger partial charge < -0.3 is 5.32 Å². The fourth-order valence-corrected chi connectivity index (χ4v) is 1.89. The lowest BCUT2D eigenvalue weighted by atomic mass is 9.95. The molecule has 1 N–H and O–H groups in total. The van der Waals surface area contributed by atoms with Crippen LogP contribution in [-0.4, -0.2) is 37.3 Å². The molecule has 0 aromatic rings. The molecule has 1 rings (SSSR count). The maximum Gasteiger partial charge on any atom is 0.110 e. The van der Waals surface area contributed by atoms with Crippen molar-refractivity contribution in [2.24, 2.45) is 0 Å². The van der Waals surface area contributed by atoms with Gasteiger partial charge in [-0.2, -0.15) is 0 Å². The van der Waals surface area contributed by atoms with Gasteiger partial charge in [-0.25, -0.2) is 4.39 Å². The minimum absolute atomic E-state index is 0.629. The average molecular weight is 238 g/mol. The maximum atomic E-state index is 13.6. The summed E-state index contributed by atoms with van der Waals surface area (Å²) in [6.45, 7) is 8.02. The van der Waals surface area contributed by atoms with E-state index in [0.29, 0.717) is 12.8 Å². The van der Waals surface area contributed by atoms with E-state index in [1.807, 2.05) is 31.5 Å². The summed E-state index contributed by atoms with van der Waals surface area (Å²) in [6, 6.07) is 0. The second-order valence-electron chi connectivity index (χ2n) is 4.78. The Bertz CT molecular complexity index is 295. The summed E-state index contributed by atoms with van der Waals surface area (Å²) < 4.78 is 13.6. The van der Waals surface area contributed by atoms with Crippen LogP contribution in [0.1, 0.15) is 19.8 Å². The van der Waals surface area contributed by atoms with Gasteiger partial charge in [-0.1, -0.05) is 18.7 Å². The molecule has 0 aliphatic carbocycles. The van der Waals surface area contributed by atoms with Gasteiger partial charge in [-0.3, -0.25) is 4.90 Å². The molecule has 0 bridgehead atoms. The van der Waals surface area contributed by atoms with Crippen LogP contribution in [0.5, 0.6) is 0 Å². The highest BCUT2D eigenvalue weighted by Crippen LogP contribution is 2.25. The highest BCUT2D eigenvalue weighted by molar-refractivity contribution is 5.23. The van der Waals surface area contributed by atoms with Crippen LogP contribution >= 0.6 is 0 Å². The fourth-order valence-electron chi connectivity index (χ4n) is 1.89. The largest absolute Gasteiger partial charge is 0.394 e. The Morgan fingerprint density at radius 2 is 2.12 bits per heavy atom. The number of hydrogen-bond acceptors (Lipinski definition) is 2. The lowest BCUT2D eigenvalue weighted by Gasteiger charge is -2.34. The third-order valence-electron chi connectivity index (χ3n) is 3.14. The number of hydrogen-bond donors (Lipinski definition) is 1. The number of likely N-dealkylation sites (tertiary alicyclic amines) is 1. The van der Waals surface area contributed by atoms with E-state index >= 15 is 0 Å². The number of alkyl halides is 1. The third-order valence-corrected chi connectivity index (χ3v) is 3.14. The van der Waals surface area contributed by atoms with Crippen LogP contribution in [-0.2, 0) is 0 Å². The van der Waals surface area contributed by atoms with E-state index in [9.17, 15) is 4.39 Å². The molecule has 0 aromatic heterocycles. The Balaban J connectivity index is 2.45. The predicted molar refractivity (Wildman–Crippen MR) is 71.7 cm³/mol. The molecular weight excluding hydrogens is 215 g/mol. The number of rotatable bonds is 5. The van der Waals surface area contributed by atoms with Gasteiger partial charge in [-0.05, 0) is 37.6 Å². The van der Waals surface area contributed by atoms with Crippen LogP contribution in [0, 0.1) is 0 Å². The first-order valence-electron chi connectivity index (χ1n) is 6.14. The minimum atomic E-state index is -0.972. The van der Waals surface area contributed by atoms with Gasteiger partial charge in [0.05, 0.1) is 0 Å². The van der Waals surface area contributed by atoms with Crippen molar-refractivity contribution >= 4 is 0 Å². The van der Waals surface area contributed by atoms with Gasteiger partial charge in [0, 0.05) is 26.7 Å². The summed E-state index contributed by atoms with van der Waals surface area (Å²) in [5.41, 5.74) is 0.194. The maximum absolute atomic E-state index is 13.6. The lowest BCUT2D eigenvalue weighted by Crippen LogP contribution is -2.40. The summed E-state index contributed by atoms with van der Waals surface area (Å²) in [7, 11) is 1.87. The molecule has 1 fully saturated rings. The van der Waals surface area contributed by atoms with Crippen LogP contribution in [0.15, 0.2) is 36.6 Å². The van der Waals surface area contributed by atoms with E-state index in [4.69, 9.17) is 0 Å². The Kier molecular flexibility index (Phi) is 5.42. The van der Waals surface area contributed by atoms with Gasteiger partial charge >= 0.3 is 0 Å². The molecule has 0 aromatic carbocycles. The van der Waals surface area contributed by atoms with E-state index in [2.05, 4.69) is 16.8 Å². The van der Waals surface area contributed by atoms with Crippen molar-refractivity contribution in [3.63, 3.8) is 0 Å². The van der Waals surface area contributed by atoms with Crippen molar-refractivity contribution in [3.05, 3.63) is 36.6 Å². The van der Waals surface area contributed by atoms with Gasteiger partial charge in [0.1, 0.15) is 5.67 Å². The zero-order valence-corrected chi connectivity index (χ0v) is 10.9. The monoisotopic (exact) mass is 238 g/mol. The fraction of sp³-hybridized carbons (Fsp3) is 0.571. The van der Waals surface area contributed by atoms with Gasteiger partial charge in [0.2, 0.25) is 0 Å². The molecule has 0 amide bonds. The molecule has 0 atom stereocenters. The summed E-state index contributed by atoms with van der Waals surface area (Å²) in [5, 5.41) is 2.94. The third kappa shape index (κ3) is 5.18. The van der Waals surface area contributed by atoms with Crippen molar-refractivity contribution < 1.29 is 4.39 Å². The molecule has 2 nitrogen and oxygen atoms in total. The quantitative estimate of drug-likeness (QED) is 0.741. The van der Waals surface area contributed by atoms with Crippen LogP contribution < -0.4 is 5.32 Å². The smallest absolute Gasteiger partial charge is 0.110 e. The molecule has 3 heteroatoms. The second-order valence-corrected chi connectivity index (χ2v) is 4.78. The molecule has 96 valence electrons. The van der Waals surface area contributed by atoms with E-state index in [-0.39, 0.29) is 0 Å². The molecule has 1 aliphatic heterocycles. The van der Waals surface area contributed by atoms with E-state index < -0.39 is 5.67 Å². The molecule has 17 heavy (non-hydrogen) atoms. The predicted octanol–water partition coefficient (Wildman–Crippen LogP) is 2.66. The van der Waals surface area contributed by atoms with Crippen molar-refractivity contribution in [2.75, 3.05) is 26.7 Å². The van der Waals surface area contributed by atoms with Crippen molar-refractivity contribution in [1.29, 1.82) is 0 Å². The molecule has 1 saturated heterocycles. The molecule has 1 aliphatic rings. The molecule has 0 spiro atoms. The van der Waals surface area contributed by atoms with Crippen LogP contribution in [0.25, 0.3) is 0 Å². The standard InChI is InChI=1S/C14H23FN2/c1-4-13(6-5-9-16-3)12-17-10-7-14(2,15)8-11-17/h4-6,9,16H,1,7-8,10-12H2,2-3H3/b9-5-,13-6+. The Labute approximate surface area is 104 Å². The SMILES string of the molecule is C=C/C(=C\C=C/NC)CN1CCC(C)(F)CC1. The van der Waals surface area contributed by atoms with E-state index in [1.54, 1.807) is 6.92 Å². The van der Waals surface area contributed by atoms with Crippen LogP contribution in [0.2, 0.25) is 0 Å². The topological polar surface area (TPSA) is 15.3 Å². The van der Waals surface area contributed by atoms with Crippen molar-refractivity contribution in [2.45, 2.75) is 25.4 Å². The van der Waals surface area contributed by atoms with Gasteiger partial charge in [0.25, 0.3) is 0 Å².